The molecule has 0 amide bonds. The van der Waals surface area contributed by atoms with Crippen LogP contribution in [0.4, 0.5) is 0 Å². The maximum absolute atomic E-state index is 12.2. The summed E-state index contributed by atoms with van der Waals surface area (Å²) in [5, 5.41) is 4.32. The molecule has 20 heavy (non-hydrogen) atoms. The Morgan fingerprint density at radius 3 is 2.60 bits per heavy atom. The number of allylic oxidation sites excluding steroid dienone is 1. The van der Waals surface area contributed by atoms with Gasteiger partial charge in [0.2, 0.25) is 0 Å². The third-order valence-electron chi connectivity index (χ3n) is 3.34. The number of carbonyl (C=O) groups is 1. The molecule has 1 heterocycles. The minimum atomic E-state index is -0.0786. The van der Waals surface area contributed by atoms with E-state index in [2.05, 4.69) is 5.10 Å². The van der Waals surface area contributed by atoms with Crippen molar-refractivity contribution in [1.82, 2.24) is 9.78 Å². The van der Waals surface area contributed by atoms with Gasteiger partial charge in [-0.05, 0) is 38.1 Å². The van der Waals surface area contributed by atoms with Crippen LogP contribution in [0.1, 0.15) is 27.3 Å². The van der Waals surface area contributed by atoms with Gasteiger partial charge in [0.1, 0.15) is 5.75 Å². The average Bonchev–Trinajstić information content (AvgIpc) is 2.70. The lowest BCUT2D eigenvalue weighted by Gasteiger charge is -2.04. The van der Waals surface area contributed by atoms with E-state index < -0.39 is 0 Å². The Bertz CT molecular complexity index is 669. The van der Waals surface area contributed by atoms with Crippen molar-refractivity contribution in [1.29, 1.82) is 0 Å². The molecule has 0 N–H and O–H groups in total. The van der Waals surface area contributed by atoms with E-state index in [9.17, 15) is 4.79 Å². The first-order valence-corrected chi connectivity index (χ1v) is 6.40. The number of benzene rings is 1. The highest BCUT2D eigenvalue weighted by atomic mass is 16.5. The summed E-state index contributed by atoms with van der Waals surface area (Å²) < 4.78 is 7.01. The maximum atomic E-state index is 12.2. The first-order valence-electron chi connectivity index (χ1n) is 6.40. The quantitative estimate of drug-likeness (QED) is 0.633. The Labute approximate surface area is 118 Å². The molecule has 4 heteroatoms. The largest absolute Gasteiger partial charge is 0.496 e. The van der Waals surface area contributed by atoms with Crippen molar-refractivity contribution in [3.05, 3.63) is 52.9 Å². The van der Waals surface area contributed by atoms with E-state index in [1.165, 1.54) is 0 Å². The number of aromatic nitrogens is 2. The molecule has 0 bridgehead atoms. The van der Waals surface area contributed by atoms with Crippen molar-refractivity contribution in [3.8, 4) is 5.75 Å². The highest BCUT2D eigenvalue weighted by Gasteiger charge is 2.10. The zero-order valence-electron chi connectivity index (χ0n) is 12.2. The van der Waals surface area contributed by atoms with Gasteiger partial charge in [-0.3, -0.25) is 9.48 Å². The molecule has 2 aromatic rings. The van der Waals surface area contributed by atoms with Gasteiger partial charge in [-0.1, -0.05) is 12.1 Å². The van der Waals surface area contributed by atoms with Crippen molar-refractivity contribution >= 4 is 11.9 Å². The number of hydrogen-bond acceptors (Lipinski definition) is 3. The molecule has 0 fully saturated rings. The lowest BCUT2D eigenvalue weighted by atomic mass is 10.1. The smallest absolute Gasteiger partial charge is 0.189 e. The number of ether oxygens (including phenoxy) is 1. The topological polar surface area (TPSA) is 44.1 Å². The summed E-state index contributed by atoms with van der Waals surface area (Å²) >= 11 is 0. The van der Waals surface area contributed by atoms with E-state index in [1.54, 1.807) is 25.3 Å². The molecule has 1 aromatic heterocycles. The molecule has 0 aliphatic carbocycles. The number of methoxy groups -OCH3 is 1. The SMILES string of the molecule is COc1ccccc1C(=O)/C=C/c1c(C)nn(C)c1C. The van der Waals surface area contributed by atoms with Gasteiger partial charge in [-0.2, -0.15) is 5.10 Å². The van der Waals surface area contributed by atoms with Crippen molar-refractivity contribution in [3.63, 3.8) is 0 Å². The molecule has 0 radical (unpaired) electrons. The van der Waals surface area contributed by atoms with Gasteiger partial charge < -0.3 is 4.74 Å². The number of aryl methyl sites for hydroxylation is 2. The van der Waals surface area contributed by atoms with Crippen molar-refractivity contribution in [2.24, 2.45) is 7.05 Å². The fraction of sp³-hybridized carbons (Fsp3) is 0.250. The zero-order valence-corrected chi connectivity index (χ0v) is 12.2. The first-order chi connectivity index (χ1) is 9.54. The normalized spacial score (nSPS) is 11.0. The summed E-state index contributed by atoms with van der Waals surface area (Å²) in [6, 6.07) is 7.20. The number of nitrogens with zero attached hydrogens (tertiary/aromatic N) is 2. The van der Waals surface area contributed by atoms with Gasteiger partial charge in [-0.15, -0.1) is 0 Å². The summed E-state index contributed by atoms with van der Waals surface area (Å²) in [4.78, 5) is 12.2. The molecule has 1 aromatic carbocycles. The summed E-state index contributed by atoms with van der Waals surface area (Å²) in [5.41, 5.74) is 3.49. The number of rotatable bonds is 4. The van der Waals surface area contributed by atoms with Crippen LogP contribution < -0.4 is 4.74 Å². The van der Waals surface area contributed by atoms with E-state index in [0.29, 0.717) is 11.3 Å². The molecule has 0 aliphatic rings. The second-order valence-electron chi connectivity index (χ2n) is 4.61. The minimum absolute atomic E-state index is 0.0786. The number of para-hydroxylation sites is 1. The Morgan fingerprint density at radius 2 is 2.00 bits per heavy atom. The van der Waals surface area contributed by atoms with E-state index in [0.717, 1.165) is 17.0 Å². The van der Waals surface area contributed by atoms with Gasteiger partial charge in [0.05, 0.1) is 18.4 Å². The van der Waals surface area contributed by atoms with E-state index in [4.69, 9.17) is 4.74 Å². The molecule has 0 atom stereocenters. The van der Waals surface area contributed by atoms with Gasteiger partial charge in [-0.25, -0.2) is 0 Å². The standard InChI is InChI=1S/C16H18N2O2/c1-11-13(12(2)18(3)17-11)9-10-15(19)14-7-5-6-8-16(14)20-4/h5-10H,1-4H3/b10-9+. The van der Waals surface area contributed by atoms with Crippen LogP contribution in [0, 0.1) is 13.8 Å². The van der Waals surface area contributed by atoms with Crippen LogP contribution in [0.5, 0.6) is 5.75 Å². The Hall–Kier alpha value is -2.36. The molecule has 2 rings (SSSR count). The first kappa shape index (κ1) is 14.1. The molecule has 0 saturated heterocycles. The molecular weight excluding hydrogens is 252 g/mol. The third-order valence-corrected chi connectivity index (χ3v) is 3.34. The van der Waals surface area contributed by atoms with Crippen LogP contribution in [-0.2, 0) is 7.05 Å². The van der Waals surface area contributed by atoms with Crippen molar-refractivity contribution < 1.29 is 9.53 Å². The fourth-order valence-electron chi connectivity index (χ4n) is 2.13. The molecule has 104 valence electrons. The number of ketones is 1. The van der Waals surface area contributed by atoms with E-state index in [-0.39, 0.29) is 5.78 Å². The Kier molecular flexibility index (Phi) is 4.03. The van der Waals surface area contributed by atoms with Gasteiger partial charge >= 0.3 is 0 Å². The minimum Gasteiger partial charge on any atom is -0.496 e. The highest BCUT2D eigenvalue weighted by molar-refractivity contribution is 6.08. The zero-order chi connectivity index (χ0) is 14.7. The van der Waals surface area contributed by atoms with Crippen molar-refractivity contribution in [2.45, 2.75) is 13.8 Å². The monoisotopic (exact) mass is 270 g/mol. The van der Waals surface area contributed by atoms with E-state index >= 15 is 0 Å². The predicted molar refractivity (Wildman–Crippen MR) is 79.0 cm³/mol. The fourth-order valence-corrected chi connectivity index (χ4v) is 2.13. The van der Waals surface area contributed by atoms with Gasteiger partial charge in [0.25, 0.3) is 0 Å². The lowest BCUT2D eigenvalue weighted by Crippen LogP contribution is -1.98. The average molecular weight is 270 g/mol. The van der Waals surface area contributed by atoms with Crippen LogP contribution in [0.2, 0.25) is 0 Å². The van der Waals surface area contributed by atoms with Crippen LogP contribution in [0.3, 0.4) is 0 Å². The third kappa shape index (κ3) is 2.64. The highest BCUT2D eigenvalue weighted by Crippen LogP contribution is 2.19. The summed E-state index contributed by atoms with van der Waals surface area (Å²) in [6.07, 6.45) is 3.38. The van der Waals surface area contributed by atoms with Crippen LogP contribution in [0.25, 0.3) is 6.08 Å². The van der Waals surface area contributed by atoms with Gasteiger partial charge in [0.15, 0.2) is 5.78 Å². The predicted octanol–water partition coefficient (Wildman–Crippen LogP) is 2.94. The molecule has 0 aliphatic heterocycles. The molecule has 0 saturated carbocycles. The van der Waals surface area contributed by atoms with Gasteiger partial charge in [0, 0.05) is 18.3 Å². The van der Waals surface area contributed by atoms with E-state index in [1.807, 2.05) is 43.8 Å². The van der Waals surface area contributed by atoms with Crippen LogP contribution in [0.15, 0.2) is 30.3 Å². The molecule has 0 unspecified atom stereocenters. The summed E-state index contributed by atoms with van der Waals surface area (Å²) in [7, 11) is 3.45. The van der Waals surface area contributed by atoms with Crippen LogP contribution in [-0.4, -0.2) is 22.7 Å². The molecule has 0 spiro atoms. The Balaban J connectivity index is 2.29. The lowest BCUT2D eigenvalue weighted by molar-refractivity contribution is 0.104. The maximum Gasteiger partial charge on any atom is 0.189 e. The molecule has 4 nitrogen and oxygen atoms in total. The van der Waals surface area contributed by atoms with Crippen molar-refractivity contribution in [2.75, 3.05) is 7.11 Å². The number of hydrogen-bond donors (Lipinski definition) is 0. The summed E-state index contributed by atoms with van der Waals surface area (Å²) in [5.74, 6) is 0.506. The van der Waals surface area contributed by atoms with Crippen LogP contribution >= 0.6 is 0 Å². The number of carbonyl (C=O) groups excluding carboxylic acids is 1. The second kappa shape index (κ2) is 5.74. The second-order valence-corrected chi connectivity index (χ2v) is 4.61. The Morgan fingerprint density at radius 1 is 1.30 bits per heavy atom. The summed E-state index contributed by atoms with van der Waals surface area (Å²) in [6.45, 7) is 3.91. The molecular formula is C16H18N2O2.